The fraction of sp³-hybridized carbons (Fsp3) is 0.375. The minimum absolute atomic E-state index is 0.456. The van der Waals surface area contributed by atoms with Crippen LogP contribution >= 0.6 is 0 Å². The molecule has 0 aliphatic rings. The maximum atomic E-state index is 9.76. The number of hydrogen-bond acceptors (Lipinski definition) is 2. The molecule has 0 aliphatic carbocycles. The Balaban J connectivity index is 2.17. The third-order valence-electron chi connectivity index (χ3n) is 3.76. The molecule has 1 atom stereocenters. The lowest BCUT2D eigenvalue weighted by molar-refractivity contribution is 0.200. The highest BCUT2D eigenvalue weighted by Crippen LogP contribution is 2.23. The standard InChI is InChI=1S/C16H22N2O/c1-11-9-14(12(2)18(11)4)10-17-16-8-6-5-7-15(16)13(3)19/h5-9,13,17,19H,10H2,1-4H3. The Bertz CT molecular complexity index is 570. The average Bonchev–Trinajstić information content (AvgIpc) is 2.64. The lowest BCUT2D eigenvalue weighted by atomic mass is 10.1. The summed E-state index contributed by atoms with van der Waals surface area (Å²) in [5, 5.41) is 13.2. The number of para-hydroxylation sites is 1. The van der Waals surface area contributed by atoms with Gasteiger partial charge in [-0.05, 0) is 38.5 Å². The van der Waals surface area contributed by atoms with Crippen LogP contribution in [0.2, 0.25) is 0 Å². The second-order valence-electron chi connectivity index (χ2n) is 5.07. The molecule has 3 nitrogen and oxygen atoms in total. The zero-order chi connectivity index (χ0) is 14.0. The molecule has 2 N–H and O–H groups in total. The normalized spacial score (nSPS) is 12.5. The Hall–Kier alpha value is -1.74. The maximum Gasteiger partial charge on any atom is 0.0781 e. The summed E-state index contributed by atoms with van der Waals surface area (Å²) in [6.45, 7) is 6.81. The van der Waals surface area contributed by atoms with E-state index >= 15 is 0 Å². The fourth-order valence-electron chi connectivity index (χ4n) is 2.33. The predicted molar refractivity (Wildman–Crippen MR) is 79.3 cm³/mol. The lowest BCUT2D eigenvalue weighted by Gasteiger charge is -2.14. The van der Waals surface area contributed by atoms with E-state index in [2.05, 4.69) is 36.8 Å². The van der Waals surface area contributed by atoms with Gasteiger partial charge in [0.1, 0.15) is 0 Å². The second-order valence-corrected chi connectivity index (χ2v) is 5.07. The Morgan fingerprint density at radius 3 is 2.53 bits per heavy atom. The highest BCUT2D eigenvalue weighted by Gasteiger charge is 2.09. The van der Waals surface area contributed by atoms with Gasteiger partial charge in [0.05, 0.1) is 6.10 Å². The van der Waals surface area contributed by atoms with E-state index < -0.39 is 6.10 Å². The molecule has 0 saturated carbocycles. The van der Waals surface area contributed by atoms with E-state index in [9.17, 15) is 5.11 Å². The van der Waals surface area contributed by atoms with Crippen LogP contribution in [0, 0.1) is 13.8 Å². The topological polar surface area (TPSA) is 37.2 Å². The van der Waals surface area contributed by atoms with Gasteiger partial charge < -0.3 is 15.0 Å². The van der Waals surface area contributed by atoms with E-state index in [1.165, 1.54) is 17.0 Å². The molecular formula is C16H22N2O. The molecule has 1 heterocycles. The first-order valence-electron chi connectivity index (χ1n) is 6.63. The van der Waals surface area contributed by atoms with Crippen LogP contribution in [-0.4, -0.2) is 9.67 Å². The van der Waals surface area contributed by atoms with Crippen molar-refractivity contribution in [3.63, 3.8) is 0 Å². The molecule has 1 aromatic heterocycles. The van der Waals surface area contributed by atoms with E-state index in [0.29, 0.717) is 0 Å². The van der Waals surface area contributed by atoms with Crippen molar-refractivity contribution in [2.24, 2.45) is 7.05 Å². The van der Waals surface area contributed by atoms with Crippen LogP contribution in [0.25, 0.3) is 0 Å². The minimum atomic E-state index is -0.456. The van der Waals surface area contributed by atoms with Gasteiger partial charge in [0, 0.05) is 36.2 Å². The third-order valence-corrected chi connectivity index (χ3v) is 3.76. The van der Waals surface area contributed by atoms with Crippen LogP contribution in [0.5, 0.6) is 0 Å². The number of anilines is 1. The second kappa shape index (κ2) is 5.49. The Labute approximate surface area is 114 Å². The number of nitrogens with zero attached hydrogens (tertiary/aromatic N) is 1. The van der Waals surface area contributed by atoms with E-state index in [0.717, 1.165) is 17.8 Å². The van der Waals surface area contributed by atoms with Crippen molar-refractivity contribution in [1.29, 1.82) is 0 Å². The number of benzene rings is 1. The molecule has 1 aromatic carbocycles. The monoisotopic (exact) mass is 258 g/mol. The Morgan fingerprint density at radius 1 is 1.26 bits per heavy atom. The van der Waals surface area contributed by atoms with Crippen molar-refractivity contribution >= 4 is 5.69 Å². The first-order valence-corrected chi connectivity index (χ1v) is 6.63. The smallest absolute Gasteiger partial charge is 0.0781 e. The SMILES string of the molecule is Cc1cc(CNc2ccccc2C(C)O)c(C)n1C. The van der Waals surface area contributed by atoms with E-state index in [1.54, 1.807) is 6.92 Å². The van der Waals surface area contributed by atoms with Gasteiger partial charge in [-0.2, -0.15) is 0 Å². The van der Waals surface area contributed by atoms with Crippen LogP contribution in [0.1, 0.15) is 35.5 Å². The van der Waals surface area contributed by atoms with Crippen molar-refractivity contribution in [3.05, 3.63) is 52.8 Å². The van der Waals surface area contributed by atoms with Gasteiger partial charge in [-0.25, -0.2) is 0 Å². The van der Waals surface area contributed by atoms with Crippen LogP contribution in [0.3, 0.4) is 0 Å². The number of nitrogens with one attached hydrogen (secondary N) is 1. The van der Waals surface area contributed by atoms with Gasteiger partial charge in [-0.15, -0.1) is 0 Å². The number of hydrogen-bond donors (Lipinski definition) is 2. The van der Waals surface area contributed by atoms with Gasteiger partial charge in [0.15, 0.2) is 0 Å². The summed E-state index contributed by atoms with van der Waals surface area (Å²) >= 11 is 0. The Kier molecular flexibility index (Phi) is 3.96. The van der Waals surface area contributed by atoms with E-state index in [1.807, 2.05) is 24.3 Å². The highest BCUT2D eigenvalue weighted by molar-refractivity contribution is 5.52. The molecule has 0 bridgehead atoms. The van der Waals surface area contributed by atoms with Crippen LogP contribution in [0.4, 0.5) is 5.69 Å². The summed E-state index contributed by atoms with van der Waals surface area (Å²) in [6, 6.07) is 10.1. The van der Waals surface area contributed by atoms with Crippen molar-refractivity contribution < 1.29 is 5.11 Å². The number of aryl methyl sites for hydroxylation is 1. The average molecular weight is 258 g/mol. The molecule has 0 fully saturated rings. The van der Waals surface area contributed by atoms with Crippen molar-refractivity contribution in [1.82, 2.24) is 4.57 Å². The molecule has 3 heteroatoms. The molecule has 0 radical (unpaired) electrons. The summed E-state index contributed by atoms with van der Waals surface area (Å²) in [5.41, 5.74) is 5.77. The number of rotatable bonds is 4. The molecular weight excluding hydrogens is 236 g/mol. The van der Waals surface area contributed by atoms with Crippen molar-refractivity contribution in [3.8, 4) is 0 Å². The molecule has 102 valence electrons. The van der Waals surface area contributed by atoms with E-state index in [-0.39, 0.29) is 0 Å². The maximum absolute atomic E-state index is 9.76. The van der Waals surface area contributed by atoms with Gasteiger partial charge in [-0.3, -0.25) is 0 Å². The van der Waals surface area contributed by atoms with E-state index in [4.69, 9.17) is 0 Å². The van der Waals surface area contributed by atoms with Crippen molar-refractivity contribution in [2.45, 2.75) is 33.4 Å². The highest BCUT2D eigenvalue weighted by atomic mass is 16.3. The fourth-order valence-corrected chi connectivity index (χ4v) is 2.33. The summed E-state index contributed by atoms with van der Waals surface area (Å²) in [7, 11) is 2.08. The lowest BCUT2D eigenvalue weighted by Crippen LogP contribution is -2.05. The van der Waals surface area contributed by atoms with Crippen molar-refractivity contribution in [2.75, 3.05) is 5.32 Å². The summed E-state index contributed by atoms with van der Waals surface area (Å²) < 4.78 is 2.19. The first-order chi connectivity index (χ1) is 9.00. The zero-order valence-corrected chi connectivity index (χ0v) is 12.1. The molecule has 0 amide bonds. The molecule has 0 saturated heterocycles. The summed E-state index contributed by atoms with van der Waals surface area (Å²) in [6.07, 6.45) is -0.456. The summed E-state index contributed by atoms with van der Waals surface area (Å²) in [4.78, 5) is 0. The first kappa shape index (κ1) is 13.7. The minimum Gasteiger partial charge on any atom is -0.389 e. The number of aliphatic hydroxyl groups is 1. The molecule has 2 rings (SSSR count). The van der Waals surface area contributed by atoms with Crippen LogP contribution < -0.4 is 5.32 Å². The van der Waals surface area contributed by atoms with Gasteiger partial charge in [0.2, 0.25) is 0 Å². The number of aromatic nitrogens is 1. The van der Waals surface area contributed by atoms with Crippen LogP contribution in [-0.2, 0) is 13.6 Å². The molecule has 2 aromatic rings. The molecule has 19 heavy (non-hydrogen) atoms. The third kappa shape index (κ3) is 2.82. The number of aliphatic hydroxyl groups excluding tert-OH is 1. The van der Waals surface area contributed by atoms with Crippen LogP contribution in [0.15, 0.2) is 30.3 Å². The predicted octanol–water partition coefficient (Wildman–Crippen LogP) is 3.31. The molecule has 0 aliphatic heterocycles. The quantitative estimate of drug-likeness (QED) is 0.883. The Morgan fingerprint density at radius 2 is 1.95 bits per heavy atom. The van der Waals surface area contributed by atoms with Gasteiger partial charge in [0.25, 0.3) is 0 Å². The zero-order valence-electron chi connectivity index (χ0n) is 12.1. The largest absolute Gasteiger partial charge is 0.389 e. The summed E-state index contributed by atoms with van der Waals surface area (Å²) in [5.74, 6) is 0. The van der Waals surface area contributed by atoms with Gasteiger partial charge >= 0.3 is 0 Å². The molecule has 1 unspecified atom stereocenters. The van der Waals surface area contributed by atoms with Gasteiger partial charge in [-0.1, -0.05) is 18.2 Å². The molecule has 0 spiro atoms.